The first kappa shape index (κ1) is 18.2. The van der Waals surface area contributed by atoms with Crippen molar-refractivity contribution in [3.8, 4) is 0 Å². The summed E-state index contributed by atoms with van der Waals surface area (Å²) in [6.45, 7) is 6.31. The van der Waals surface area contributed by atoms with Gasteiger partial charge in [-0.25, -0.2) is 0 Å². The zero-order chi connectivity index (χ0) is 18.6. The maximum Gasteiger partial charge on any atom is 0.227 e. The van der Waals surface area contributed by atoms with Crippen molar-refractivity contribution < 1.29 is 9.59 Å². The Morgan fingerprint density at radius 2 is 1.41 bits per heavy atom. The molecule has 2 atom stereocenters. The molecular weight excluding hydrogens is 342 g/mol. The lowest BCUT2D eigenvalue weighted by Gasteiger charge is -2.39. The molecule has 1 aromatic rings. The molecule has 7 nitrogen and oxygen atoms in total. The van der Waals surface area contributed by atoms with Gasteiger partial charge in [0.1, 0.15) is 0 Å². The number of aromatic nitrogens is 1. The number of nitrogens with one attached hydrogen (secondary N) is 1. The maximum atomic E-state index is 13.0. The summed E-state index contributed by atoms with van der Waals surface area (Å²) < 4.78 is 0. The summed E-state index contributed by atoms with van der Waals surface area (Å²) in [7, 11) is 0. The molecule has 27 heavy (non-hydrogen) atoms. The second kappa shape index (κ2) is 8.25. The summed E-state index contributed by atoms with van der Waals surface area (Å²) in [5.41, 5.74) is 1.16. The predicted octanol–water partition coefficient (Wildman–Crippen LogP) is 0.578. The second-order valence-corrected chi connectivity index (χ2v) is 7.84. The fourth-order valence-electron chi connectivity index (χ4n) is 4.51. The summed E-state index contributed by atoms with van der Waals surface area (Å²) in [5, 5.41) is 3.33. The molecule has 4 heterocycles. The lowest BCUT2D eigenvalue weighted by molar-refractivity contribution is -0.140. The molecule has 0 spiro atoms. The third-order valence-electron chi connectivity index (χ3n) is 6.09. The van der Waals surface area contributed by atoms with Crippen molar-refractivity contribution in [3.63, 3.8) is 0 Å². The number of piperazine rings is 1. The Morgan fingerprint density at radius 3 is 2.00 bits per heavy atom. The highest BCUT2D eigenvalue weighted by Crippen LogP contribution is 2.24. The van der Waals surface area contributed by atoms with Crippen molar-refractivity contribution in [2.75, 3.05) is 57.3 Å². The lowest BCUT2D eigenvalue weighted by Crippen LogP contribution is -2.54. The van der Waals surface area contributed by atoms with E-state index in [4.69, 9.17) is 0 Å². The summed E-state index contributed by atoms with van der Waals surface area (Å²) in [5.74, 6) is 0.308. The van der Waals surface area contributed by atoms with Crippen molar-refractivity contribution >= 4 is 17.5 Å². The van der Waals surface area contributed by atoms with Gasteiger partial charge < -0.3 is 20.0 Å². The van der Waals surface area contributed by atoms with Crippen LogP contribution in [0, 0.1) is 11.8 Å². The van der Waals surface area contributed by atoms with Gasteiger partial charge in [0, 0.05) is 70.4 Å². The Bertz CT molecular complexity index is 654. The maximum absolute atomic E-state index is 13.0. The van der Waals surface area contributed by atoms with E-state index in [2.05, 4.69) is 15.2 Å². The molecule has 0 saturated carbocycles. The van der Waals surface area contributed by atoms with E-state index in [0.717, 1.165) is 57.8 Å². The summed E-state index contributed by atoms with van der Waals surface area (Å²) >= 11 is 0. The molecule has 4 rings (SSSR count). The number of piperidine rings is 1. The fourth-order valence-corrected chi connectivity index (χ4v) is 4.51. The molecule has 146 valence electrons. The molecule has 1 N–H and O–H groups in total. The molecule has 3 aliphatic heterocycles. The average molecular weight is 371 g/mol. The average Bonchev–Trinajstić information content (AvgIpc) is 3.28. The molecule has 3 aliphatic rings. The number of hydrogen-bond donors (Lipinski definition) is 1. The van der Waals surface area contributed by atoms with Crippen molar-refractivity contribution in [3.05, 3.63) is 24.5 Å². The molecule has 1 aromatic heterocycles. The second-order valence-electron chi connectivity index (χ2n) is 7.84. The van der Waals surface area contributed by atoms with Crippen molar-refractivity contribution in [2.24, 2.45) is 11.8 Å². The number of nitrogens with zero attached hydrogens (tertiary/aromatic N) is 4. The van der Waals surface area contributed by atoms with Crippen LogP contribution in [0.4, 0.5) is 5.69 Å². The number of anilines is 1. The van der Waals surface area contributed by atoms with Crippen LogP contribution in [0.25, 0.3) is 0 Å². The topological polar surface area (TPSA) is 68.8 Å². The number of carbonyl (C=O) groups excluding carboxylic acids is 2. The monoisotopic (exact) mass is 371 g/mol. The zero-order valence-electron chi connectivity index (χ0n) is 15.8. The number of amides is 2. The molecule has 0 radical (unpaired) electrons. The first-order chi connectivity index (χ1) is 13.2. The predicted molar refractivity (Wildman–Crippen MR) is 103 cm³/mol. The van der Waals surface area contributed by atoms with E-state index in [-0.39, 0.29) is 23.7 Å². The standard InChI is InChI=1S/C20H29N5O2/c26-19(24-7-1-2-8-24)16-13-17(15-22-14-16)20(27)25-11-9-23(10-12-25)18-3-5-21-6-4-18/h3-6,16-17,22H,1-2,7-15H2/t16-,17-/m1/s1. The Hall–Kier alpha value is -2.15. The highest BCUT2D eigenvalue weighted by molar-refractivity contribution is 5.83. The van der Waals surface area contributed by atoms with Crippen LogP contribution in [0.2, 0.25) is 0 Å². The quantitative estimate of drug-likeness (QED) is 0.842. The summed E-state index contributed by atoms with van der Waals surface area (Å²) in [4.78, 5) is 36.0. The number of hydrogen-bond acceptors (Lipinski definition) is 5. The molecule has 0 unspecified atom stereocenters. The Labute approximate surface area is 160 Å². The van der Waals surface area contributed by atoms with Gasteiger partial charge in [-0.2, -0.15) is 0 Å². The van der Waals surface area contributed by atoms with Crippen LogP contribution in [0.1, 0.15) is 19.3 Å². The first-order valence-corrected chi connectivity index (χ1v) is 10.2. The van der Waals surface area contributed by atoms with Gasteiger partial charge in [-0.15, -0.1) is 0 Å². The molecule has 7 heteroatoms. The third kappa shape index (κ3) is 4.08. The van der Waals surface area contributed by atoms with Gasteiger partial charge in [0.25, 0.3) is 0 Å². The highest BCUT2D eigenvalue weighted by atomic mass is 16.2. The van der Waals surface area contributed by atoms with Crippen LogP contribution in [0.3, 0.4) is 0 Å². The summed E-state index contributed by atoms with van der Waals surface area (Å²) in [6, 6.07) is 4.02. The smallest absolute Gasteiger partial charge is 0.227 e. The van der Waals surface area contributed by atoms with Crippen LogP contribution in [-0.4, -0.2) is 79.0 Å². The minimum absolute atomic E-state index is 0.0519. The summed E-state index contributed by atoms with van der Waals surface area (Å²) in [6.07, 6.45) is 6.51. The van der Waals surface area contributed by atoms with Gasteiger partial charge in [0.15, 0.2) is 0 Å². The van der Waals surface area contributed by atoms with E-state index in [9.17, 15) is 9.59 Å². The Morgan fingerprint density at radius 1 is 0.852 bits per heavy atom. The van der Waals surface area contributed by atoms with E-state index >= 15 is 0 Å². The molecule has 3 saturated heterocycles. The third-order valence-corrected chi connectivity index (χ3v) is 6.09. The Balaban J connectivity index is 1.31. The van der Waals surface area contributed by atoms with Crippen molar-refractivity contribution in [1.29, 1.82) is 0 Å². The minimum atomic E-state index is -0.0808. The SMILES string of the molecule is O=C([C@H]1CNC[C@H](C(=O)N2CCN(c3ccncc3)CC2)C1)N1CCCC1. The minimum Gasteiger partial charge on any atom is -0.368 e. The number of likely N-dealkylation sites (tertiary alicyclic amines) is 1. The number of rotatable bonds is 3. The van der Waals surface area contributed by atoms with Crippen LogP contribution in [0.5, 0.6) is 0 Å². The van der Waals surface area contributed by atoms with Gasteiger partial charge in [0.05, 0.1) is 11.8 Å². The van der Waals surface area contributed by atoms with E-state index in [1.54, 1.807) is 12.4 Å². The van der Waals surface area contributed by atoms with Gasteiger partial charge in [-0.05, 0) is 31.4 Å². The highest BCUT2D eigenvalue weighted by Gasteiger charge is 2.36. The largest absolute Gasteiger partial charge is 0.368 e. The zero-order valence-corrected chi connectivity index (χ0v) is 15.8. The lowest BCUT2D eigenvalue weighted by atomic mass is 9.88. The van der Waals surface area contributed by atoms with E-state index < -0.39 is 0 Å². The van der Waals surface area contributed by atoms with E-state index in [1.807, 2.05) is 21.9 Å². The van der Waals surface area contributed by atoms with Crippen LogP contribution >= 0.6 is 0 Å². The van der Waals surface area contributed by atoms with Crippen LogP contribution < -0.4 is 10.2 Å². The van der Waals surface area contributed by atoms with Crippen molar-refractivity contribution in [2.45, 2.75) is 19.3 Å². The first-order valence-electron chi connectivity index (χ1n) is 10.2. The van der Waals surface area contributed by atoms with Gasteiger partial charge in [0.2, 0.25) is 11.8 Å². The van der Waals surface area contributed by atoms with Crippen LogP contribution in [-0.2, 0) is 9.59 Å². The van der Waals surface area contributed by atoms with Gasteiger partial charge >= 0.3 is 0 Å². The van der Waals surface area contributed by atoms with Crippen LogP contribution in [0.15, 0.2) is 24.5 Å². The van der Waals surface area contributed by atoms with Crippen molar-refractivity contribution in [1.82, 2.24) is 20.1 Å². The molecule has 0 aliphatic carbocycles. The number of carbonyl (C=O) groups is 2. The fraction of sp³-hybridized carbons (Fsp3) is 0.650. The van der Waals surface area contributed by atoms with Gasteiger partial charge in [-0.1, -0.05) is 0 Å². The normalized spacial score (nSPS) is 26.3. The van der Waals surface area contributed by atoms with E-state index in [1.165, 1.54) is 0 Å². The molecule has 0 aromatic carbocycles. The van der Waals surface area contributed by atoms with E-state index in [0.29, 0.717) is 19.5 Å². The molecule has 0 bridgehead atoms. The molecule has 2 amide bonds. The Kier molecular flexibility index (Phi) is 5.57. The molecular formula is C20H29N5O2. The number of pyridine rings is 1. The van der Waals surface area contributed by atoms with Gasteiger partial charge in [-0.3, -0.25) is 14.6 Å². The molecule has 3 fully saturated rings.